The molecule has 7 heteroatoms. The lowest BCUT2D eigenvalue weighted by molar-refractivity contribution is 0.477. The summed E-state index contributed by atoms with van der Waals surface area (Å²) in [5, 5.41) is 4.38. The zero-order valence-corrected chi connectivity index (χ0v) is 13.3. The third-order valence-electron chi connectivity index (χ3n) is 2.30. The van der Waals surface area contributed by atoms with Crippen LogP contribution in [0, 0.1) is 11.8 Å². The van der Waals surface area contributed by atoms with Gasteiger partial charge in [-0.1, -0.05) is 39.3 Å². The van der Waals surface area contributed by atoms with Gasteiger partial charge in [-0.05, 0) is 18.3 Å². The number of halogens is 2. The van der Waals surface area contributed by atoms with Gasteiger partial charge in [0.15, 0.2) is 0 Å². The molecule has 18 heavy (non-hydrogen) atoms. The summed E-state index contributed by atoms with van der Waals surface area (Å²) < 4.78 is 24.7. The first-order valence-corrected chi connectivity index (χ1v) is 8.51. The molecule has 0 spiro atoms. The van der Waals surface area contributed by atoms with Gasteiger partial charge in [-0.2, -0.15) is 5.10 Å². The highest BCUT2D eigenvalue weighted by Gasteiger charge is 2.26. The second kappa shape index (κ2) is 5.80. The predicted octanol–water partition coefficient (Wildman–Crippen LogP) is 3.32. The van der Waals surface area contributed by atoms with Crippen molar-refractivity contribution >= 4 is 31.3 Å². The lowest BCUT2D eigenvalue weighted by Gasteiger charge is -2.05. The molecule has 4 nitrogen and oxygen atoms in total. The van der Waals surface area contributed by atoms with E-state index < -0.39 is 9.05 Å². The second-order valence-corrected chi connectivity index (χ2v) is 8.04. The largest absolute Gasteiger partial charge is 0.266 e. The molecule has 0 aliphatic rings. The Morgan fingerprint density at radius 1 is 1.22 bits per heavy atom. The van der Waals surface area contributed by atoms with Gasteiger partial charge in [0, 0.05) is 17.2 Å². The lowest BCUT2D eigenvalue weighted by atomic mass is 10.1. The second-order valence-electron chi connectivity index (χ2n) is 5.18. The van der Waals surface area contributed by atoms with E-state index in [4.69, 9.17) is 22.3 Å². The van der Waals surface area contributed by atoms with Gasteiger partial charge in [0.05, 0.1) is 5.69 Å². The Labute approximate surface area is 118 Å². The molecule has 0 aromatic carbocycles. The third-order valence-corrected chi connectivity index (χ3v) is 4.18. The Kier molecular flexibility index (Phi) is 5.09. The maximum Gasteiger partial charge on any atom is 0.266 e. The normalized spacial score (nSPS) is 12.7. The molecule has 0 saturated carbocycles. The maximum absolute atomic E-state index is 11.6. The molecular formula is C11H18Cl2N2O2S. The SMILES string of the molecule is CC(C)Cc1nn(CC(C)C)c(Cl)c1S(=O)(=O)Cl. The minimum Gasteiger partial charge on any atom is -0.252 e. The van der Waals surface area contributed by atoms with E-state index in [-0.39, 0.29) is 16.0 Å². The smallest absolute Gasteiger partial charge is 0.252 e. The minimum absolute atomic E-state index is 0.0415. The van der Waals surface area contributed by atoms with E-state index in [1.54, 1.807) is 0 Å². The van der Waals surface area contributed by atoms with Crippen LogP contribution in [-0.4, -0.2) is 18.2 Å². The van der Waals surface area contributed by atoms with Crippen molar-refractivity contribution in [1.82, 2.24) is 9.78 Å². The Balaban J connectivity index is 3.32. The van der Waals surface area contributed by atoms with Crippen molar-refractivity contribution in [2.24, 2.45) is 11.8 Å². The van der Waals surface area contributed by atoms with Crippen molar-refractivity contribution in [2.45, 2.75) is 45.6 Å². The summed E-state index contributed by atoms with van der Waals surface area (Å²) in [5.41, 5.74) is 0.450. The average Bonchev–Trinajstić information content (AvgIpc) is 2.39. The number of hydrogen-bond donors (Lipinski definition) is 0. The first-order valence-electron chi connectivity index (χ1n) is 5.82. The van der Waals surface area contributed by atoms with Crippen LogP contribution in [0.3, 0.4) is 0 Å². The van der Waals surface area contributed by atoms with Crippen LogP contribution >= 0.6 is 22.3 Å². The zero-order chi connectivity index (χ0) is 14.1. The molecule has 0 radical (unpaired) electrons. The first kappa shape index (κ1) is 15.8. The molecule has 1 heterocycles. The molecule has 0 fully saturated rings. The zero-order valence-electron chi connectivity index (χ0n) is 10.9. The Hall–Kier alpha value is -0.260. The van der Waals surface area contributed by atoms with E-state index in [0.29, 0.717) is 24.6 Å². The molecule has 104 valence electrons. The Bertz CT molecular complexity index is 521. The molecule has 0 bridgehead atoms. The highest BCUT2D eigenvalue weighted by molar-refractivity contribution is 8.13. The van der Waals surface area contributed by atoms with Crippen LogP contribution in [0.1, 0.15) is 33.4 Å². The van der Waals surface area contributed by atoms with E-state index in [1.165, 1.54) is 4.68 Å². The van der Waals surface area contributed by atoms with Crippen LogP contribution in [0.15, 0.2) is 4.90 Å². The Morgan fingerprint density at radius 2 is 1.78 bits per heavy atom. The quantitative estimate of drug-likeness (QED) is 0.784. The first-order chi connectivity index (χ1) is 8.12. The van der Waals surface area contributed by atoms with Crippen molar-refractivity contribution < 1.29 is 8.42 Å². The molecule has 0 aliphatic carbocycles. The van der Waals surface area contributed by atoms with E-state index in [2.05, 4.69) is 5.10 Å². The van der Waals surface area contributed by atoms with Gasteiger partial charge in [0.1, 0.15) is 10.0 Å². The average molecular weight is 313 g/mol. The van der Waals surface area contributed by atoms with Gasteiger partial charge < -0.3 is 0 Å². The van der Waals surface area contributed by atoms with Crippen LogP contribution < -0.4 is 0 Å². The Morgan fingerprint density at radius 3 is 2.17 bits per heavy atom. The summed E-state index contributed by atoms with van der Waals surface area (Å²) in [7, 11) is 1.57. The van der Waals surface area contributed by atoms with Crippen molar-refractivity contribution in [2.75, 3.05) is 0 Å². The van der Waals surface area contributed by atoms with E-state index in [9.17, 15) is 8.42 Å². The maximum atomic E-state index is 11.6. The van der Waals surface area contributed by atoms with Gasteiger partial charge >= 0.3 is 0 Å². The highest BCUT2D eigenvalue weighted by atomic mass is 35.7. The van der Waals surface area contributed by atoms with Gasteiger partial charge in [0.2, 0.25) is 0 Å². The van der Waals surface area contributed by atoms with Crippen molar-refractivity contribution in [1.29, 1.82) is 0 Å². The number of aromatic nitrogens is 2. The standard InChI is InChI=1S/C11H18Cl2N2O2S/c1-7(2)5-9-10(18(13,16)17)11(12)15(14-9)6-8(3)4/h7-8H,5-6H2,1-4H3. The summed E-state index contributed by atoms with van der Waals surface area (Å²) >= 11 is 6.08. The summed E-state index contributed by atoms with van der Waals surface area (Å²) in [6.45, 7) is 8.56. The molecule has 1 aromatic heterocycles. The molecule has 0 atom stereocenters. The van der Waals surface area contributed by atoms with Crippen LogP contribution in [-0.2, 0) is 22.0 Å². The number of nitrogens with zero attached hydrogens (tertiary/aromatic N) is 2. The summed E-state index contributed by atoms with van der Waals surface area (Å²) in [6, 6.07) is 0. The van der Waals surface area contributed by atoms with Gasteiger partial charge in [-0.15, -0.1) is 0 Å². The van der Waals surface area contributed by atoms with E-state index in [1.807, 2.05) is 27.7 Å². The monoisotopic (exact) mass is 312 g/mol. The van der Waals surface area contributed by atoms with Gasteiger partial charge in [-0.25, -0.2) is 8.42 Å². The molecular weight excluding hydrogens is 295 g/mol. The van der Waals surface area contributed by atoms with Crippen LogP contribution in [0.2, 0.25) is 5.15 Å². The molecule has 0 amide bonds. The van der Waals surface area contributed by atoms with E-state index in [0.717, 1.165) is 0 Å². The van der Waals surface area contributed by atoms with Gasteiger partial charge in [-0.3, -0.25) is 4.68 Å². The topological polar surface area (TPSA) is 52.0 Å². The molecule has 0 unspecified atom stereocenters. The predicted molar refractivity (Wildman–Crippen MR) is 73.7 cm³/mol. The van der Waals surface area contributed by atoms with Crippen LogP contribution in [0.5, 0.6) is 0 Å². The van der Waals surface area contributed by atoms with Crippen molar-refractivity contribution in [3.8, 4) is 0 Å². The van der Waals surface area contributed by atoms with Gasteiger partial charge in [0.25, 0.3) is 9.05 Å². The van der Waals surface area contributed by atoms with E-state index >= 15 is 0 Å². The number of hydrogen-bond acceptors (Lipinski definition) is 3. The molecule has 0 aliphatic heterocycles. The van der Waals surface area contributed by atoms with Crippen molar-refractivity contribution in [3.05, 3.63) is 10.8 Å². The molecule has 0 N–H and O–H groups in total. The van der Waals surface area contributed by atoms with Crippen LogP contribution in [0.25, 0.3) is 0 Å². The molecule has 1 aromatic rings. The number of rotatable bonds is 5. The fourth-order valence-corrected chi connectivity index (χ4v) is 3.54. The summed E-state index contributed by atoms with van der Waals surface area (Å²) in [4.78, 5) is -0.0415. The van der Waals surface area contributed by atoms with Crippen LogP contribution in [0.4, 0.5) is 0 Å². The van der Waals surface area contributed by atoms with Crippen molar-refractivity contribution in [3.63, 3.8) is 0 Å². The summed E-state index contributed by atoms with van der Waals surface area (Å²) in [5.74, 6) is 0.598. The molecule has 1 rings (SSSR count). The molecule has 0 saturated heterocycles. The highest BCUT2D eigenvalue weighted by Crippen LogP contribution is 2.30. The lowest BCUT2D eigenvalue weighted by Crippen LogP contribution is -2.07. The fraction of sp³-hybridized carbons (Fsp3) is 0.727. The fourth-order valence-electron chi connectivity index (χ4n) is 1.70. The minimum atomic E-state index is -3.87. The summed E-state index contributed by atoms with van der Waals surface area (Å²) in [6.07, 6.45) is 0.534. The third kappa shape index (κ3) is 3.87.